The Bertz CT molecular complexity index is 1090. The van der Waals surface area contributed by atoms with Crippen molar-refractivity contribution < 1.29 is 31.2 Å². The molecular formula is C20H19F3N2O4S. The zero-order valence-electron chi connectivity index (χ0n) is 15.9. The average molecular weight is 440 g/mol. The van der Waals surface area contributed by atoms with E-state index in [1.54, 1.807) is 0 Å². The van der Waals surface area contributed by atoms with Crippen molar-refractivity contribution in [2.75, 3.05) is 16.9 Å². The molecule has 1 fully saturated rings. The summed E-state index contributed by atoms with van der Waals surface area (Å²) < 4.78 is 61.1. The maximum Gasteiger partial charge on any atom is 0.416 e. The van der Waals surface area contributed by atoms with Crippen LogP contribution in [-0.2, 0) is 20.8 Å². The topological polar surface area (TPSA) is 92.3 Å². The second-order valence-electron chi connectivity index (χ2n) is 7.19. The Morgan fingerprint density at radius 2 is 1.57 bits per heavy atom. The van der Waals surface area contributed by atoms with Crippen LogP contribution in [0.3, 0.4) is 0 Å². The fourth-order valence-electron chi connectivity index (χ4n) is 3.22. The molecule has 2 N–H and O–H groups in total. The first-order valence-corrected chi connectivity index (χ1v) is 10.9. The number of alkyl halides is 3. The van der Waals surface area contributed by atoms with Gasteiger partial charge in [-0.2, -0.15) is 13.2 Å². The number of amides is 2. The fraction of sp³-hybridized carbons (Fsp3) is 0.300. The molecule has 0 atom stereocenters. The second-order valence-corrected chi connectivity index (χ2v) is 9.51. The molecule has 0 aromatic heterocycles. The molecule has 6 nitrogen and oxygen atoms in total. The molecule has 0 radical (unpaired) electrons. The Morgan fingerprint density at radius 1 is 0.967 bits per heavy atom. The number of sulfone groups is 1. The van der Waals surface area contributed by atoms with Crippen molar-refractivity contribution in [2.45, 2.75) is 30.2 Å². The van der Waals surface area contributed by atoms with E-state index in [2.05, 4.69) is 10.6 Å². The van der Waals surface area contributed by atoms with E-state index in [1.807, 2.05) is 0 Å². The van der Waals surface area contributed by atoms with Crippen molar-refractivity contribution in [1.82, 2.24) is 0 Å². The molecule has 0 saturated heterocycles. The van der Waals surface area contributed by atoms with E-state index in [1.165, 1.54) is 36.4 Å². The van der Waals surface area contributed by atoms with Crippen LogP contribution in [0.25, 0.3) is 0 Å². The van der Waals surface area contributed by atoms with Crippen LogP contribution in [0.4, 0.5) is 24.5 Å². The highest BCUT2D eigenvalue weighted by Gasteiger charge is 2.52. The van der Waals surface area contributed by atoms with Crippen molar-refractivity contribution in [3.05, 3.63) is 59.7 Å². The summed E-state index contributed by atoms with van der Waals surface area (Å²) in [4.78, 5) is 25.0. The first-order chi connectivity index (χ1) is 13.9. The highest BCUT2D eigenvalue weighted by molar-refractivity contribution is 7.93. The Kier molecular flexibility index (Phi) is 5.64. The van der Waals surface area contributed by atoms with Crippen molar-refractivity contribution >= 4 is 33.0 Å². The van der Waals surface area contributed by atoms with Crippen LogP contribution in [0.2, 0.25) is 0 Å². The molecule has 2 amide bonds. The largest absolute Gasteiger partial charge is 0.416 e. The zero-order chi connectivity index (χ0) is 22.2. The number of benzene rings is 2. The second kappa shape index (κ2) is 7.75. The summed E-state index contributed by atoms with van der Waals surface area (Å²) in [6, 6.07) is 9.94. The molecule has 0 unspecified atom stereocenters. The predicted octanol–water partition coefficient (Wildman–Crippen LogP) is 3.86. The van der Waals surface area contributed by atoms with Gasteiger partial charge in [-0.3, -0.25) is 9.59 Å². The van der Waals surface area contributed by atoms with Crippen LogP contribution < -0.4 is 10.6 Å². The normalized spacial score (nSPS) is 15.7. The third kappa shape index (κ3) is 4.33. The van der Waals surface area contributed by atoms with Gasteiger partial charge in [-0.05, 0) is 55.7 Å². The lowest BCUT2D eigenvalue weighted by Gasteiger charge is -2.38. The van der Waals surface area contributed by atoms with E-state index in [0.29, 0.717) is 6.42 Å². The maximum absolute atomic E-state index is 12.8. The van der Waals surface area contributed by atoms with E-state index in [0.717, 1.165) is 18.4 Å². The fourth-order valence-corrected chi connectivity index (χ4v) is 4.64. The van der Waals surface area contributed by atoms with Crippen molar-refractivity contribution in [3.63, 3.8) is 0 Å². The van der Waals surface area contributed by atoms with Crippen LogP contribution in [0.15, 0.2) is 48.5 Å². The molecule has 3 rings (SSSR count). The van der Waals surface area contributed by atoms with Gasteiger partial charge >= 0.3 is 6.18 Å². The summed E-state index contributed by atoms with van der Waals surface area (Å²) in [7, 11) is -3.61. The van der Waals surface area contributed by atoms with E-state index in [4.69, 9.17) is 0 Å². The summed E-state index contributed by atoms with van der Waals surface area (Å²) >= 11 is 0. The lowest BCUT2D eigenvalue weighted by atomic mass is 9.83. The Hall–Kier alpha value is -2.88. The number of halogens is 3. The van der Waals surface area contributed by atoms with Crippen molar-refractivity contribution in [3.8, 4) is 0 Å². The highest BCUT2D eigenvalue weighted by atomic mass is 32.2. The third-order valence-corrected chi connectivity index (χ3v) is 7.13. The molecule has 10 heteroatoms. The lowest BCUT2D eigenvalue weighted by molar-refractivity contribution is -0.137. The van der Waals surface area contributed by atoms with Gasteiger partial charge in [0.2, 0.25) is 5.91 Å². The molecule has 1 aliphatic carbocycles. The monoisotopic (exact) mass is 440 g/mol. The molecule has 0 bridgehead atoms. The number of carbonyl (C=O) groups excluding carboxylic acids is 2. The standard InChI is InChI=1S/C20H19F3N2O4S/c1-30(28,29)19(9-4-10-19)18(27)25-15-7-2-5-13(11-15)17(26)24-16-8-3-6-14(12-16)20(21,22)23/h2-3,5-8,11-12H,4,9-10H2,1H3,(H,24,26)(H,25,27). The lowest BCUT2D eigenvalue weighted by Crippen LogP contribution is -2.54. The minimum Gasteiger partial charge on any atom is -0.325 e. The SMILES string of the molecule is CS(=O)(=O)C1(C(=O)Nc2cccc(C(=O)Nc3cccc(C(F)(F)F)c3)c2)CCC1. The molecule has 0 aliphatic heterocycles. The number of hydrogen-bond donors (Lipinski definition) is 2. The molecule has 1 aliphatic rings. The summed E-state index contributed by atoms with van der Waals surface area (Å²) in [5, 5.41) is 4.91. The maximum atomic E-state index is 12.8. The van der Waals surface area contributed by atoms with Gasteiger partial charge in [0.25, 0.3) is 5.91 Å². The van der Waals surface area contributed by atoms with E-state index in [-0.39, 0.29) is 29.8 Å². The van der Waals surface area contributed by atoms with Gasteiger partial charge < -0.3 is 10.6 Å². The number of nitrogens with one attached hydrogen (secondary N) is 2. The molecular weight excluding hydrogens is 421 g/mol. The van der Waals surface area contributed by atoms with Crippen LogP contribution >= 0.6 is 0 Å². The molecule has 0 heterocycles. The van der Waals surface area contributed by atoms with Crippen LogP contribution in [0.1, 0.15) is 35.2 Å². The third-order valence-electron chi connectivity index (χ3n) is 5.12. The van der Waals surface area contributed by atoms with Gasteiger partial charge in [0.1, 0.15) is 0 Å². The molecule has 0 spiro atoms. The highest BCUT2D eigenvalue weighted by Crippen LogP contribution is 2.40. The first-order valence-electron chi connectivity index (χ1n) is 9.02. The predicted molar refractivity (Wildman–Crippen MR) is 106 cm³/mol. The Labute approximate surface area is 171 Å². The number of rotatable bonds is 5. The van der Waals surface area contributed by atoms with Crippen molar-refractivity contribution in [2.24, 2.45) is 0 Å². The molecule has 30 heavy (non-hydrogen) atoms. The molecule has 2 aromatic rings. The van der Waals surface area contributed by atoms with Gasteiger partial charge in [-0.15, -0.1) is 0 Å². The summed E-state index contributed by atoms with van der Waals surface area (Å²) in [5.41, 5.74) is -0.624. The Balaban J connectivity index is 1.76. The summed E-state index contributed by atoms with van der Waals surface area (Å²) in [6.07, 6.45) is -2.44. The van der Waals surface area contributed by atoms with E-state index < -0.39 is 38.1 Å². The summed E-state index contributed by atoms with van der Waals surface area (Å²) in [5.74, 6) is -1.33. The molecule has 160 valence electrons. The number of anilines is 2. The quantitative estimate of drug-likeness (QED) is 0.739. The van der Waals surface area contributed by atoms with Gasteiger partial charge in [-0.25, -0.2) is 8.42 Å². The van der Waals surface area contributed by atoms with E-state index >= 15 is 0 Å². The van der Waals surface area contributed by atoms with E-state index in [9.17, 15) is 31.2 Å². The number of carbonyl (C=O) groups is 2. The van der Waals surface area contributed by atoms with Gasteiger partial charge in [0.15, 0.2) is 14.6 Å². The van der Waals surface area contributed by atoms with Crippen LogP contribution in [0.5, 0.6) is 0 Å². The smallest absolute Gasteiger partial charge is 0.325 e. The molecule has 1 saturated carbocycles. The van der Waals surface area contributed by atoms with Gasteiger partial charge in [0.05, 0.1) is 5.56 Å². The van der Waals surface area contributed by atoms with Gasteiger partial charge in [-0.1, -0.05) is 12.1 Å². The van der Waals surface area contributed by atoms with Crippen LogP contribution in [-0.4, -0.2) is 31.2 Å². The molecule has 2 aromatic carbocycles. The summed E-state index contributed by atoms with van der Waals surface area (Å²) in [6.45, 7) is 0. The Morgan fingerprint density at radius 3 is 2.10 bits per heavy atom. The minimum absolute atomic E-state index is 0.0326. The van der Waals surface area contributed by atoms with Crippen LogP contribution in [0, 0.1) is 0 Å². The average Bonchev–Trinajstić information content (AvgIpc) is 2.59. The van der Waals surface area contributed by atoms with Gasteiger partial charge in [0, 0.05) is 23.2 Å². The number of hydrogen-bond acceptors (Lipinski definition) is 4. The van der Waals surface area contributed by atoms with Crippen molar-refractivity contribution in [1.29, 1.82) is 0 Å². The zero-order valence-corrected chi connectivity index (χ0v) is 16.7. The first kappa shape index (κ1) is 21.8. The minimum atomic E-state index is -4.54.